The zero-order valence-electron chi connectivity index (χ0n) is 12.4. The quantitative estimate of drug-likeness (QED) is 0.635. The fourth-order valence-corrected chi connectivity index (χ4v) is 4.46. The Labute approximate surface area is 129 Å². The molecule has 2 unspecified atom stereocenters. The molecule has 2 atom stereocenters. The monoisotopic (exact) mass is 329 g/mol. The molecule has 9 heteroatoms. The number of rotatable bonds is 5. The number of ether oxygens (including phenoxy) is 1. The summed E-state index contributed by atoms with van der Waals surface area (Å²) in [6, 6.07) is 3.48. The lowest BCUT2D eigenvalue weighted by Crippen LogP contribution is -2.34. The largest absolute Gasteiger partial charge is 0.490 e. The zero-order chi connectivity index (χ0) is 16.5. The van der Waals surface area contributed by atoms with E-state index in [0.29, 0.717) is 19.5 Å². The van der Waals surface area contributed by atoms with Crippen LogP contribution in [-0.4, -0.2) is 43.9 Å². The number of benzene rings is 1. The summed E-state index contributed by atoms with van der Waals surface area (Å²) in [5, 5.41) is 11.0. The van der Waals surface area contributed by atoms with Crippen LogP contribution in [0.25, 0.3) is 0 Å². The molecule has 122 valence electrons. The van der Waals surface area contributed by atoms with Crippen LogP contribution < -0.4 is 10.5 Å². The van der Waals surface area contributed by atoms with Gasteiger partial charge < -0.3 is 10.5 Å². The Hall–Kier alpha value is -1.71. The molecule has 8 nitrogen and oxygen atoms in total. The molecule has 1 saturated heterocycles. The maximum Gasteiger partial charge on any atom is 0.312 e. The highest BCUT2D eigenvalue weighted by molar-refractivity contribution is 7.89. The first-order valence-electron chi connectivity index (χ1n) is 6.85. The summed E-state index contributed by atoms with van der Waals surface area (Å²) in [6.07, 6.45) is 0.688. The second kappa shape index (κ2) is 6.19. The summed E-state index contributed by atoms with van der Waals surface area (Å²) >= 11 is 0. The van der Waals surface area contributed by atoms with Crippen LogP contribution in [0.1, 0.15) is 13.3 Å². The van der Waals surface area contributed by atoms with Gasteiger partial charge >= 0.3 is 5.69 Å². The highest BCUT2D eigenvalue weighted by atomic mass is 32.2. The first kappa shape index (κ1) is 16.7. The van der Waals surface area contributed by atoms with Crippen LogP contribution in [0.5, 0.6) is 5.75 Å². The van der Waals surface area contributed by atoms with Crippen LogP contribution in [0.15, 0.2) is 23.1 Å². The Morgan fingerprint density at radius 3 is 2.68 bits per heavy atom. The fourth-order valence-electron chi connectivity index (χ4n) is 2.72. The van der Waals surface area contributed by atoms with Crippen LogP contribution in [0.3, 0.4) is 0 Å². The molecule has 0 aromatic heterocycles. The van der Waals surface area contributed by atoms with E-state index >= 15 is 0 Å². The van der Waals surface area contributed by atoms with Crippen molar-refractivity contribution in [1.29, 1.82) is 0 Å². The van der Waals surface area contributed by atoms with Gasteiger partial charge in [-0.05, 0) is 37.9 Å². The average Bonchev–Trinajstić information content (AvgIpc) is 2.88. The molecule has 22 heavy (non-hydrogen) atoms. The van der Waals surface area contributed by atoms with Crippen LogP contribution in [0.4, 0.5) is 5.69 Å². The minimum Gasteiger partial charge on any atom is -0.490 e. The lowest BCUT2D eigenvalue weighted by molar-refractivity contribution is -0.386. The van der Waals surface area contributed by atoms with Crippen LogP contribution in [-0.2, 0) is 10.0 Å². The van der Waals surface area contributed by atoms with Gasteiger partial charge in [-0.2, -0.15) is 4.31 Å². The van der Waals surface area contributed by atoms with Crippen molar-refractivity contribution < 1.29 is 18.1 Å². The molecule has 1 heterocycles. The highest BCUT2D eigenvalue weighted by Crippen LogP contribution is 2.33. The normalized spacial score (nSPS) is 22.7. The molecule has 0 spiro atoms. The molecule has 0 radical (unpaired) electrons. The molecule has 2 N–H and O–H groups in total. The van der Waals surface area contributed by atoms with E-state index in [4.69, 9.17) is 10.5 Å². The molecule has 1 fully saturated rings. The summed E-state index contributed by atoms with van der Waals surface area (Å²) < 4.78 is 31.7. The van der Waals surface area contributed by atoms with Gasteiger partial charge in [0.25, 0.3) is 0 Å². The molecular weight excluding hydrogens is 310 g/mol. The number of methoxy groups -OCH3 is 1. The summed E-state index contributed by atoms with van der Waals surface area (Å²) in [5.41, 5.74) is 5.24. The predicted octanol–water partition coefficient (Wildman–Crippen LogP) is 0.961. The average molecular weight is 329 g/mol. The van der Waals surface area contributed by atoms with Crippen molar-refractivity contribution in [2.45, 2.75) is 24.3 Å². The third-order valence-electron chi connectivity index (χ3n) is 3.89. The number of nitro benzene ring substituents is 1. The van der Waals surface area contributed by atoms with Gasteiger partial charge in [0.15, 0.2) is 5.75 Å². The first-order chi connectivity index (χ1) is 10.3. The Morgan fingerprint density at radius 1 is 1.50 bits per heavy atom. The van der Waals surface area contributed by atoms with Gasteiger partial charge in [0.1, 0.15) is 0 Å². The molecule has 0 amide bonds. The molecule has 0 bridgehead atoms. The first-order valence-corrected chi connectivity index (χ1v) is 8.29. The van der Waals surface area contributed by atoms with Crippen molar-refractivity contribution in [2.75, 3.05) is 20.2 Å². The van der Waals surface area contributed by atoms with E-state index in [1.165, 1.54) is 23.5 Å². The van der Waals surface area contributed by atoms with E-state index in [-0.39, 0.29) is 28.3 Å². The number of nitro groups is 1. The van der Waals surface area contributed by atoms with Crippen molar-refractivity contribution in [2.24, 2.45) is 11.7 Å². The standard InChI is InChI=1S/C13H19N3O5S/c1-9-5-10(7-14)8-15(9)22(19,20)11-3-4-13(21-2)12(6-11)16(17)18/h3-4,6,9-10H,5,7-8,14H2,1-2H3. The van der Waals surface area contributed by atoms with Crippen molar-refractivity contribution in [3.8, 4) is 5.75 Å². The lowest BCUT2D eigenvalue weighted by atomic mass is 10.1. The van der Waals surface area contributed by atoms with Gasteiger partial charge in [0.05, 0.1) is 16.9 Å². The molecule has 0 aliphatic carbocycles. The maximum atomic E-state index is 12.7. The van der Waals surface area contributed by atoms with Gasteiger partial charge in [-0.25, -0.2) is 8.42 Å². The van der Waals surface area contributed by atoms with Gasteiger partial charge in [0, 0.05) is 18.7 Å². The number of nitrogens with zero attached hydrogens (tertiary/aromatic N) is 2. The Morgan fingerprint density at radius 2 is 2.18 bits per heavy atom. The topological polar surface area (TPSA) is 116 Å². The van der Waals surface area contributed by atoms with E-state index < -0.39 is 14.9 Å². The molecule has 1 aromatic carbocycles. The van der Waals surface area contributed by atoms with E-state index in [9.17, 15) is 18.5 Å². The van der Waals surface area contributed by atoms with Crippen LogP contribution in [0, 0.1) is 16.0 Å². The van der Waals surface area contributed by atoms with E-state index in [1.54, 1.807) is 0 Å². The fraction of sp³-hybridized carbons (Fsp3) is 0.538. The van der Waals surface area contributed by atoms with E-state index in [1.807, 2.05) is 6.92 Å². The van der Waals surface area contributed by atoms with E-state index in [0.717, 1.165) is 6.07 Å². The third kappa shape index (κ3) is 2.92. The number of nitrogens with two attached hydrogens (primary N) is 1. The molecule has 1 aliphatic rings. The Balaban J connectivity index is 2.42. The Bertz CT molecular complexity index is 676. The van der Waals surface area contributed by atoms with Gasteiger partial charge in [-0.3, -0.25) is 10.1 Å². The number of hydrogen-bond acceptors (Lipinski definition) is 6. The minimum absolute atomic E-state index is 0.0262. The second-order valence-corrected chi connectivity index (χ2v) is 7.24. The van der Waals surface area contributed by atoms with Crippen molar-refractivity contribution >= 4 is 15.7 Å². The van der Waals surface area contributed by atoms with Crippen LogP contribution >= 0.6 is 0 Å². The van der Waals surface area contributed by atoms with Gasteiger partial charge in [0.2, 0.25) is 10.0 Å². The molecular formula is C13H19N3O5S. The lowest BCUT2D eigenvalue weighted by Gasteiger charge is -2.21. The summed E-state index contributed by atoms with van der Waals surface area (Å²) in [6.45, 7) is 2.56. The van der Waals surface area contributed by atoms with Crippen molar-refractivity contribution in [3.05, 3.63) is 28.3 Å². The SMILES string of the molecule is COc1ccc(S(=O)(=O)N2CC(CN)CC2C)cc1[N+](=O)[O-]. The van der Waals surface area contributed by atoms with Crippen molar-refractivity contribution in [3.63, 3.8) is 0 Å². The maximum absolute atomic E-state index is 12.7. The minimum atomic E-state index is -3.79. The molecule has 1 aromatic rings. The summed E-state index contributed by atoms with van der Waals surface area (Å²) in [5.74, 6) is 0.135. The summed E-state index contributed by atoms with van der Waals surface area (Å²) in [4.78, 5) is 10.3. The predicted molar refractivity (Wildman–Crippen MR) is 80.2 cm³/mol. The molecule has 2 rings (SSSR count). The van der Waals surface area contributed by atoms with Crippen LogP contribution in [0.2, 0.25) is 0 Å². The van der Waals surface area contributed by atoms with E-state index in [2.05, 4.69) is 0 Å². The van der Waals surface area contributed by atoms with Gasteiger partial charge in [-0.1, -0.05) is 0 Å². The highest BCUT2D eigenvalue weighted by Gasteiger charge is 2.38. The zero-order valence-corrected chi connectivity index (χ0v) is 13.2. The summed E-state index contributed by atoms with van der Waals surface area (Å²) in [7, 11) is -2.50. The Kier molecular flexibility index (Phi) is 4.69. The van der Waals surface area contributed by atoms with Crippen molar-refractivity contribution in [1.82, 2.24) is 4.31 Å². The van der Waals surface area contributed by atoms with Gasteiger partial charge in [-0.15, -0.1) is 0 Å². The number of sulfonamides is 1. The second-order valence-electron chi connectivity index (χ2n) is 5.35. The smallest absolute Gasteiger partial charge is 0.312 e. The molecule has 0 saturated carbocycles. The third-order valence-corrected chi connectivity index (χ3v) is 5.87. The number of hydrogen-bond donors (Lipinski definition) is 1. The molecule has 1 aliphatic heterocycles.